The van der Waals surface area contributed by atoms with Gasteiger partial charge in [-0.15, -0.1) is 0 Å². The highest BCUT2D eigenvalue weighted by atomic mass is 32.2. The molecule has 0 heterocycles. The van der Waals surface area contributed by atoms with Crippen LogP contribution in [0.4, 0.5) is 0 Å². The third-order valence-electron chi connectivity index (χ3n) is 3.07. The van der Waals surface area contributed by atoms with E-state index >= 15 is 0 Å². The zero-order valence-corrected chi connectivity index (χ0v) is 9.86. The maximum atomic E-state index is 11.4. The second-order valence-electron chi connectivity index (χ2n) is 4.58. The van der Waals surface area contributed by atoms with Crippen molar-refractivity contribution in [2.24, 2.45) is 5.92 Å². The van der Waals surface area contributed by atoms with Gasteiger partial charge in [0.15, 0.2) is 9.84 Å². The van der Waals surface area contributed by atoms with Gasteiger partial charge >= 0.3 is 0 Å². The van der Waals surface area contributed by atoms with Gasteiger partial charge in [0.2, 0.25) is 0 Å². The molecule has 0 amide bonds. The molecule has 1 aliphatic carbocycles. The van der Waals surface area contributed by atoms with Crippen molar-refractivity contribution in [1.29, 1.82) is 0 Å². The Morgan fingerprint density at radius 1 is 1.36 bits per heavy atom. The summed E-state index contributed by atoms with van der Waals surface area (Å²) in [5, 5.41) is 0. The zero-order valence-electron chi connectivity index (χ0n) is 9.04. The monoisotopic (exact) mass is 218 g/mol. The van der Waals surface area contributed by atoms with Gasteiger partial charge < -0.3 is 0 Å². The van der Waals surface area contributed by atoms with Crippen LogP contribution in [0.2, 0.25) is 0 Å². The van der Waals surface area contributed by atoms with Crippen molar-refractivity contribution in [3.05, 3.63) is 0 Å². The molecule has 14 heavy (non-hydrogen) atoms. The molecule has 0 radical (unpaired) electrons. The SMILES string of the molecule is CC(C)C(=O)CCC1(S(C)(=O)=O)CC1. The number of carbonyl (C=O) groups excluding carboxylic acids is 1. The Morgan fingerprint density at radius 3 is 2.14 bits per heavy atom. The first kappa shape index (κ1) is 11.7. The van der Waals surface area contributed by atoms with Crippen LogP contribution in [0, 0.1) is 5.92 Å². The first-order chi connectivity index (χ1) is 6.28. The van der Waals surface area contributed by atoms with Crippen LogP contribution in [0.3, 0.4) is 0 Å². The largest absolute Gasteiger partial charge is 0.299 e. The highest BCUT2D eigenvalue weighted by molar-refractivity contribution is 7.92. The first-order valence-corrected chi connectivity index (χ1v) is 6.90. The van der Waals surface area contributed by atoms with E-state index in [4.69, 9.17) is 0 Å². The van der Waals surface area contributed by atoms with Crippen LogP contribution in [-0.2, 0) is 14.6 Å². The summed E-state index contributed by atoms with van der Waals surface area (Å²) in [5.74, 6) is 0.185. The molecule has 0 aromatic heterocycles. The fourth-order valence-corrected chi connectivity index (χ4v) is 2.90. The number of hydrogen-bond donors (Lipinski definition) is 0. The highest BCUT2D eigenvalue weighted by Crippen LogP contribution is 2.46. The lowest BCUT2D eigenvalue weighted by molar-refractivity contribution is -0.122. The van der Waals surface area contributed by atoms with Gasteiger partial charge in [-0.2, -0.15) is 0 Å². The maximum absolute atomic E-state index is 11.4. The van der Waals surface area contributed by atoms with Gasteiger partial charge in [-0.05, 0) is 19.3 Å². The van der Waals surface area contributed by atoms with E-state index in [0.717, 1.165) is 12.8 Å². The van der Waals surface area contributed by atoms with E-state index in [2.05, 4.69) is 0 Å². The molecule has 3 nitrogen and oxygen atoms in total. The average molecular weight is 218 g/mol. The van der Waals surface area contributed by atoms with E-state index in [0.29, 0.717) is 12.8 Å². The van der Waals surface area contributed by atoms with Crippen LogP contribution in [-0.4, -0.2) is 25.2 Å². The van der Waals surface area contributed by atoms with E-state index in [9.17, 15) is 13.2 Å². The van der Waals surface area contributed by atoms with E-state index in [1.54, 1.807) is 0 Å². The molecule has 1 rings (SSSR count). The van der Waals surface area contributed by atoms with E-state index in [1.165, 1.54) is 6.26 Å². The molecule has 0 N–H and O–H groups in total. The summed E-state index contributed by atoms with van der Waals surface area (Å²) in [6.07, 6.45) is 3.67. The normalized spacial score (nSPS) is 19.7. The standard InChI is InChI=1S/C10H18O3S/c1-8(2)9(11)4-5-10(6-7-10)14(3,12)13/h8H,4-7H2,1-3H3. The predicted molar refractivity (Wildman–Crippen MR) is 55.9 cm³/mol. The Hall–Kier alpha value is -0.380. The van der Waals surface area contributed by atoms with Gasteiger partial charge in [-0.1, -0.05) is 13.8 Å². The molecule has 1 fully saturated rings. The molecule has 0 aliphatic heterocycles. The topological polar surface area (TPSA) is 51.2 Å². The van der Waals surface area contributed by atoms with E-state index in [1.807, 2.05) is 13.8 Å². The number of hydrogen-bond acceptors (Lipinski definition) is 3. The van der Waals surface area contributed by atoms with E-state index in [-0.39, 0.29) is 11.7 Å². The van der Waals surface area contributed by atoms with Gasteiger partial charge in [0.25, 0.3) is 0 Å². The van der Waals surface area contributed by atoms with Gasteiger partial charge in [-0.25, -0.2) is 8.42 Å². The quantitative estimate of drug-likeness (QED) is 0.703. The molecular formula is C10H18O3S. The minimum absolute atomic E-state index is 0.0189. The average Bonchev–Trinajstić information content (AvgIpc) is 2.78. The summed E-state index contributed by atoms with van der Waals surface area (Å²) in [6, 6.07) is 0. The molecule has 0 aromatic carbocycles. The highest BCUT2D eigenvalue weighted by Gasteiger charge is 2.51. The Bertz CT molecular complexity index is 323. The number of sulfone groups is 1. The third kappa shape index (κ3) is 2.35. The van der Waals surface area contributed by atoms with Crippen LogP contribution >= 0.6 is 0 Å². The smallest absolute Gasteiger partial charge is 0.153 e. The minimum Gasteiger partial charge on any atom is -0.299 e. The van der Waals surface area contributed by atoms with Crippen molar-refractivity contribution in [2.75, 3.05) is 6.26 Å². The maximum Gasteiger partial charge on any atom is 0.153 e. The van der Waals surface area contributed by atoms with Crippen molar-refractivity contribution in [2.45, 2.75) is 44.3 Å². The van der Waals surface area contributed by atoms with E-state index < -0.39 is 14.6 Å². The Labute approximate surface area is 85.8 Å². The molecular weight excluding hydrogens is 200 g/mol. The summed E-state index contributed by atoms with van der Waals surface area (Å²) in [5.41, 5.74) is 0. The minimum atomic E-state index is -2.96. The van der Waals surface area contributed by atoms with Crippen LogP contribution in [0.25, 0.3) is 0 Å². The molecule has 0 spiro atoms. The van der Waals surface area contributed by atoms with Gasteiger partial charge in [0, 0.05) is 18.6 Å². The molecule has 0 atom stereocenters. The van der Waals surface area contributed by atoms with Gasteiger partial charge in [-0.3, -0.25) is 4.79 Å². The molecule has 82 valence electrons. The van der Waals surface area contributed by atoms with Crippen LogP contribution in [0.15, 0.2) is 0 Å². The second-order valence-corrected chi connectivity index (χ2v) is 6.99. The lowest BCUT2D eigenvalue weighted by Crippen LogP contribution is -2.23. The number of Topliss-reactive ketones (excluding diaryl/α,β-unsaturated/α-hetero) is 1. The first-order valence-electron chi connectivity index (χ1n) is 5.01. The Balaban J connectivity index is 2.51. The molecule has 0 unspecified atom stereocenters. The van der Waals surface area contributed by atoms with Crippen LogP contribution < -0.4 is 0 Å². The summed E-state index contributed by atoms with van der Waals surface area (Å²) < 4.78 is 22.2. The molecule has 1 aliphatic rings. The second kappa shape index (κ2) is 3.65. The zero-order chi connectivity index (χ0) is 11.0. The fraction of sp³-hybridized carbons (Fsp3) is 0.900. The predicted octanol–water partition coefficient (Wildman–Crippen LogP) is 1.57. The van der Waals surface area contributed by atoms with Gasteiger partial charge in [0.05, 0.1) is 4.75 Å². The Kier molecular flexibility index (Phi) is 3.04. The number of ketones is 1. The molecule has 0 aromatic rings. The lowest BCUT2D eigenvalue weighted by atomic mass is 10.0. The van der Waals surface area contributed by atoms with Crippen LogP contribution in [0.5, 0.6) is 0 Å². The number of rotatable bonds is 5. The molecule has 4 heteroatoms. The summed E-state index contributed by atoms with van der Waals surface area (Å²) in [6.45, 7) is 3.70. The fourth-order valence-electron chi connectivity index (χ4n) is 1.59. The number of carbonyl (C=O) groups is 1. The van der Waals surface area contributed by atoms with Gasteiger partial charge in [0.1, 0.15) is 5.78 Å². The summed E-state index contributed by atoms with van der Waals surface area (Å²) in [4.78, 5) is 11.3. The van der Waals surface area contributed by atoms with Crippen molar-refractivity contribution in [1.82, 2.24) is 0 Å². The summed E-state index contributed by atoms with van der Waals surface area (Å²) in [7, 11) is -2.96. The molecule has 1 saturated carbocycles. The van der Waals surface area contributed by atoms with Crippen molar-refractivity contribution in [3.63, 3.8) is 0 Å². The Morgan fingerprint density at radius 2 is 1.86 bits per heavy atom. The van der Waals surface area contributed by atoms with Crippen molar-refractivity contribution >= 4 is 15.6 Å². The molecule has 0 bridgehead atoms. The van der Waals surface area contributed by atoms with Crippen molar-refractivity contribution in [3.8, 4) is 0 Å². The lowest BCUT2D eigenvalue weighted by Gasteiger charge is -2.12. The molecule has 0 saturated heterocycles. The van der Waals surface area contributed by atoms with Crippen molar-refractivity contribution < 1.29 is 13.2 Å². The third-order valence-corrected chi connectivity index (χ3v) is 5.25. The summed E-state index contributed by atoms with van der Waals surface area (Å²) >= 11 is 0. The van der Waals surface area contributed by atoms with Crippen LogP contribution in [0.1, 0.15) is 39.5 Å².